The van der Waals surface area contributed by atoms with Gasteiger partial charge in [-0.1, -0.05) is 44.2 Å². The maximum Gasteiger partial charge on any atom is 0.222 e. The number of aryl methyl sites for hydroxylation is 1. The highest BCUT2D eigenvalue weighted by Gasteiger charge is 2.24. The number of aliphatic hydroxyl groups excluding tert-OH is 1. The van der Waals surface area contributed by atoms with Crippen molar-refractivity contribution in [3.05, 3.63) is 65.7 Å². The highest BCUT2D eigenvalue weighted by atomic mass is 19.1. The number of hydrogen-bond donors (Lipinski definition) is 1. The summed E-state index contributed by atoms with van der Waals surface area (Å²) in [6.07, 6.45) is -0.658. The third-order valence-electron chi connectivity index (χ3n) is 5.22. The number of halogens is 2. The molecule has 0 aliphatic heterocycles. The monoisotopic (exact) mass is 473 g/mol. The SMILES string of the molecule is CCOC[C@@H](O)CN(Cc1c(-c2ccccc2)nn(C)c1Oc1ccc(F)cc1F)CC(C)C. The summed E-state index contributed by atoms with van der Waals surface area (Å²) in [5.41, 5.74) is 2.34. The van der Waals surface area contributed by atoms with Crippen molar-refractivity contribution in [1.82, 2.24) is 14.7 Å². The summed E-state index contributed by atoms with van der Waals surface area (Å²) in [4.78, 5) is 2.12. The Hall–Kier alpha value is -2.81. The largest absolute Gasteiger partial charge is 0.436 e. The molecule has 0 bridgehead atoms. The van der Waals surface area contributed by atoms with Crippen molar-refractivity contribution in [2.45, 2.75) is 33.4 Å². The standard InChI is InChI=1S/C26H33F2N3O3/c1-5-33-17-21(32)15-31(14-18(2)3)16-22-25(19-9-7-6-8-10-19)29-30(4)26(22)34-24-12-11-20(27)13-23(24)28/h6-13,18,21,32H,5,14-17H2,1-4H3/t21-/m0/s1. The lowest BCUT2D eigenvalue weighted by Gasteiger charge is -2.27. The summed E-state index contributed by atoms with van der Waals surface area (Å²) >= 11 is 0. The quantitative estimate of drug-likeness (QED) is 0.401. The van der Waals surface area contributed by atoms with Gasteiger partial charge >= 0.3 is 0 Å². The van der Waals surface area contributed by atoms with Gasteiger partial charge in [0.15, 0.2) is 11.6 Å². The lowest BCUT2D eigenvalue weighted by molar-refractivity contribution is 0.0174. The fourth-order valence-electron chi connectivity index (χ4n) is 3.86. The first-order valence-electron chi connectivity index (χ1n) is 11.5. The molecule has 1 heterocycles. The number of benzene rings is 2. The van der Waals surface area contributed by atoms with Crippen LogP contribution in [0.15, 0.2) is 48.5 Å². The molecule has 0 fully saturated rings. The lowest BCUT2D eigenvalue weighted by atomic mass is 10.1. The van der Waals surface area contributed by atoms with Crippen LogP contribution in [-0.2, 0) is 18.3 Å². The summed E-state index contributed by atoms with van der Waals surface area (Å²) in [6, 6.07) is 12.9. The van der Waals surface area contributed by atoms with E-state index in [-0.39, 0.29) is 12.4 Å². The van der Waals surface area contributed by atoms with Gasteiger partial charge < -0.3 is 14.6 Å². The zero-order valence-electron chi connectivity index (χ0n) is 20.2. The van der Waals surface area contributed by atoms with Crippen LogP contribution in [0, 0.1) is 17.6 Å². The third kappa shape index (κ3) is 6.85. The highest BCUT2D eigenvalue weighted by molar-refractivity contribution is 5.65. The Labute approximate surface area is 199 Å². The van der Waals surface area contributed by atoms with Crippen molar-refractivity contribution in [3.8, 4) is 22.9 Å². The van der Waals surface area contributed by atoms with Crippen LogP contribution < -0.4 is 4.74 Å². The minimum Gasteiger partial charge on any atom is -0.436 e. The smallest absolute Gasteiger partial charge is 0.222 e. The van der Waals surface area contributed by atoms with Crippen molar-refractivity contribution in [2.75, 3.05) is 26.3 Å². The molecule has 34 heavy (non-hydrogen) atoms. The molecule has 0 saturated carbocycles. The predicted octanol–water partition coefficient (Wildman–Crippen LogP) is 5.01. The van der Waals surface area contributed by atoms with Crippen molar-refractivity contribution in [2.24, 2.45) is 13.0 Å². The number of nitrogens with zero attached hydrogens (tertiary/aromatic N) is 3. The highest BCUT2D eigenvalue weighted by Crippen LogP contribution is 2.35. The molecule has 0 aliphatic carbocycles. The second-order valence-corrected chi connectivity index (χ2v) is 8.70. The van der Waals surface area contributed by atoms with Crippen molar-refractivity contribution < 1.29 is 23.4 Å². The van der Waals surface area contributed by atoms with E-state index in [2.05, 4.69) is 23.8 Å². The van der Waals surface area contributed by atoms with E-state index in [0.717, 1.165) is 29.8 Å². The van der Waals surface area contributed by atoms with E-state index in [1.165, 1.54) is 6.07 Å². The zero-order valence-corrected chi connectivity index (χ0v) is 20.2. The molecule has 0 amide bonds. The molecular weight excluding hydrogens is 440 g/mol. The van der Waals surface area contributed by atoms with E-state index in [0.29, 0.717) is 37.2 Å². The number of aromatic nitrogens is 2. The molecule has 184 valence electrons. The van der Waals surface area contributed by atoms with Gasteiger partial charge in [0.2, 0.25) is 5.88 Å². The zero-order chi connectivity index (χ0) is 24.7. The van der Waals surface area contributed by atoms with Crippen LogP contribution in [0.4, 0.5) is 8.78 Å². The molecule has 0 unspecified atom stereocenters. The van der Waals surface area contributed by atoms with Crippen LogP contribution in [0.1, 0.15) is 26.3 Å². The van der Waals surface area contributed by atoms with Crippen LogP contribution >= 0.6 is 0 Å². The minimum atomic E-state index is -0.792. The van der Waals surface area contributed by atoms with E-state index in [1.807, 2.05) is 37.3 Å². The van der Waals surface area contributed by atoms with E-state index in [1.54, 1.807) is 11.7 Å². The topological polar surface area (TPSA) is 59.8 Å². The van der Waals surface area contributed by atoms with Crippen molar-refractivity contribution >= 4 is 0 Å². The normalized spacial score (nSPS) is 12.5. The summed E-state index contributed by atoms with van der Waals surface area (Å²) in [5.74, 6) is -0.851. The molecule has 0 saturated heterocycles. The van der Waals surface area contributed by atoms with E-state index in [9.17, 15) is 13.9 Å². The fourth-order valence-corrected chi connectivity index (χ4v) is 3.86. The summed E-state index contributed by atoms with van der Waals surface area (Å²) in [7, 11) is 1.73. The average Bonchev–Trinajstić information content (AvgIpc) is 3.09. The summed E-state index contributed by atoms with van der Waals surface area (Å²) in [5, 5.41) is 15.2. The average molecular weight is 474 g/mol. The Morgan fingerprint density at radius 2 is 1.82 bits per heavy atom. The fraction of sp³-hybridized carbons (Fsp3) is 0.423. The Kier molecular flexibility index (Phi) is 9.15. The maximum absolute atomic E-state index is 14.4. The van der Waals surface area contributed by atoms with E-state index < -0.39 is 17.7 Å². The second kappa shape index (κ2) is 12.1. The van der Waals surface area contributed by atoms with Crippen LogP contribution in [-0.4, -0.2) is 52.2 Å². The Morgan fingerprint density at radius 3 is 2.47 bits per heavy atom. The first-order chi connectivity index (χ1) is 16.3. The first-order valence-corrected chi connectivity index (χ1v) is 11.5. The molecule has 2 aromatic carbocycles. The van der Waals surface area contributed by atoms with Gasteiger partial charge in [-0.2, -0.15) is 5.10 Å². The van der Waals surface area contributed by atoms with Crippen molar-refractivity contribution in [3.63, 3.8) is 0 Å². The maximum atomic E-state index is 14.4. The van der Waals surface area contributed by atoms with Gasteiger partial charge in [-0.15, -0.1) is 0 Å². The molecule has 3 rings (SSSR count). The number of aliphatic hydroxyl groups is 1. The lowest BCUT2D eigenvalue weighted by Crippen LogP contribution is -2.37. The Morgan fingerprint density at radius 1 is 1.09 bits per heavy atom. The number of rotatable bonds is 12. The van der Waals surface area contributed by atoms with Gasteiger partial charge in [-0.25, -0.2) is 13.5 Å². The second-order valence-electron chi connectivity index (χ2n) is 8.70. The van der Waals surface area contributed by atoms with E-state index in [4.69, 9.17) is 9.47 Å². The van der Waals surface area contributed by atoms with Gasteiger partial charge in [-0.05, 0) is 25.0 Å². The summed E-state index contributed by atoms with van der Waals surface area (Å²) < 4.78 is 40.7. The molecule has 1 N–H and O–H groups in total. The Bertz CT molecular complexity index is 1060. The molecule has 3 aromatic rings. The van der Waals surface area contributed by atoms with Crippen LogP contribution in [0.3, 0.4) is 0 Å². The summed E-state index contributed by atoms with van der Waals surface area (Å²) in [6.45, 7) is 8.40. The molecule has 1 aromatic heterocycles. The van der Waals surface area contributed by atoms with Crippen LogP contribution in [0.5, 0.6) is 11.6 Å². The molecule has 8 heteroatoms. The minimum absolute atomic E-state index is 0.0861. The molecule has 1 atom stereocenters. The molecule has 0 aliphatic rings. The van der Waals surface area contributed by atoms with Crippen LogP contribution in [0.25, 0.3) is 11.3 Å². The van der Waals surface area contributed by atoms with Gasteiger partial charge in [-0.3, -0.25) is 4.90 Å². The van der Waals surface area contributed by atoms with Crippen LogP contribution in [0.2, 0.25) is 0 Å². The van der Waals surface area contributed by atoms with Crippen molar-refractivity contribution in [1.29, 1.82) is 0 Å². The third-order valence-corrected chi connectivity index (χ3v) is 5.22. The predicted molar refractivity (Wildman–Crippen MR) is 128 cm³/mol. The van der Waals surface area contributed by atoms with Gasteiger partial charge in [0.25, 0.3) is 0 Å². The number of hydrogen-bond acceptors (Lipinski definition) is 5. The molecule has 0 radical (unpaired) electrons. The number of ether oxygens (including phenoxy) is 2. The van der Waals surface area contributed by atoms with E-state index >= 15 is 0 Å². The molecular formula is C26H33F2N3O3. The molecule has 6 nitrogen and oxygen atoms in total. The van der Waals surface area contributed by atoms with Gasteiger partial charge in [0.05, 0.1) is 18.3 Å². The Balaban J connectivity index is 2.00. The van der Waals surface area contributed by atoms with Gasteiger partial charge in [0.1, 0.15) is 11.5 Å². The molecule has 0 spiro atoms. The van der Waals surface area contributed by atoms with Gasteiger partial charge in [0, 0.05) is 44.9 Å². The first kappa shape index (κ1) is 25.8.